The van der Waals surface area contributed by atoms with E-state index in [1.54, 1.807) is 6.33 Å². The number of hydrogen-bond donors (Lipinski definition) is 0. The van der Waals surface area contributed by atoms with Crippen molar-refractivity contribution in [3.8, 4) is 0 Å². The third-order valence-corrected chi connectivity index (χ3v) is 4.36. The Hall–Kier alpha value is -1.85. The maximum absolute atomic E-state index is 6.16. The van der Waals surface area contributed by atoms with E-state index in [0.717, 1.165) is 53.1 Å². The molecule has 0 spiro atoms. The number of piperazine rings is 1. The molecule has 1 aromatic carbocycles. The summed E-state index contributed by atoms with van der Waals surface area (Å²) in [6.07, 6.45) is 3.48. The van der Waals surface area contributed by atoms with Gasteiger partial charge in [0.05, 0.1) is 11.7 Å². The van der Waals surface area contributed by atoms with Gasteiger partial charge in [0.15, 0.2) is 0 Å². The highest BCUT2D eigenvalue weighted by Gasteiger charge is 2.20. The smallest absolute Gasteiger partial charge is 0.116 e. The quantitative estimate of drug-likeness (QED) is 0.690. The molecule has 1 aliphatic rings. The van der Waals surface area contributed by atoms with Crippen LogP contribution in [0.25, 0.3) is 21.9 Å². The van der Waals surface area contributed by atoms with Gasteiger partial charge in [-0.15, -0.1) is 0 Å². The fourth-order valence-corrected chi connectivity index (χ4v) is 3.17. The van der Waals surface area contributed by atoms with Crippen molar-refractivity contribution in [3.63, 3.8) is 0 Å². The van der Waals surface area contributed by atoms with E-state index in [1.165, 1.54) is 0 Å². The highest BCUT2D eigenvalue weighted by atomic mass is 35.5. The third-order valence-electron chi connectivity index (χ3n) is 4.13. The van der Waals surface area contributed by atoms with E-state index in [-0.39, 0.29) is 0 Å². The van der Waals surface area contributed by atoms with Crippen LogP contribution in [0.3, 0.4) is 0 Å². The van der Waals surface area contributed by atoms with Crippen LogP contribution >= 0.6 is 11.6 Å². The van der Waals surface area contributed by atoms with Crippen LogP contribution in [0.15, 0.2) is 30.7 Å². The minimum absolute atomic E-state index is 0.735. The maximum Gasteiger partial charge on any atom is 0.116 e. The number of halogens is 1. The number of aromatic nitrogens is 3. The molecule has 0 aliphatic carbocycles. The molecule has 5 nitrogen and oxygen atoms in total. The third kappa shape index (κ3) is 2.04. The molecule has 1 aliphatic heterocycles. The lowest BCUT2D eigenvalue weighted by Crippen LogP contribution is -2.49. The molecule has 4 rings (SSSR count). The Bertz CT molecular complexity index is 804. The van der Waals surface area contributed by atoms with E-state index < -0.39 is 0 Å². The minimum Gasteiger partial charge on any atom is -0.310 e. The topological polar surface area (TPSA) is 37.2 Å². The Balaban J connectivity index is 1.97. The molecular formula is C15H16ClN5. The van der Waals surface area contributed by atoms with Crippen molar-refractivity contribution in [1.29, 1.82) is 0 Å². The lowest BCUT2D eigenvalue weighted by Gasteiger charge is -2.35. The lowest BCUT2D eigenvalue weighted by molar-refractivity contribution is 0.291. The summed E-state index contributed by atoms with van der Waals surface area (Å²) in [6, 6.07) is 5.99. The fraction of sp³-hybridized carbons (Fsp3) is 0.333. The largest absolute Gasteiger partial charge is 0.310 e. The second kappa shape index (κ2) is 4.86. The molecule has 0 unspecified atom stereocenters. The Labute approximate surface area is 127 Å². The summed E-state index contributed by atoms with van der Waals surface area (Å²) in [5.41, 5.74) is 3.14. The average Bonchev–Trinajstić information content (AvgIpc) is 2.82. The molecule has 0 saturated carbocycles. The highest BCUT2D eigenvalue weighted by Crippen LogP contribution is 2.29. The Morgan fingerprint density at radius 3 is 2.71 bits per heavy atom. The summed E-state index contributed by atoms with van der Waals surface area (Å²) in [4.78, 5) is 11.0. The van der Waals surface area contributed by atoms with Crippen molar-refractivity contribution in [2.24, 2.45) is 0 Å². The summed E-state index contributed by atoms with van der Waals surface area (Å²) in [5.74, 6) is 0. The maximum atomic E-state index is 6.16. The van der Waals surface area contributed by atoms with Crippen LogP contribution in [0.4, 0.5) is 0 Å². The van der Waals surface area contributed by atoms with Gasteiger partial charge in [0, 0.05) is 36.6 Å². The van der Waals surface area contributed by atoms with Crippen LogP contribution < -0.4 is 5.01 Å². The Morgan fingerprint density at radius 2 is 1.90 bits per heavy atom. The van der Waals surface area contributed by atoms with Gasteiger partial charge in [-0.1, -0.05) is 11.6 Å². The van der Waals surface area contributed by atoms with Gasteiger partial charge in [-0.05, 0) is 25.2 Å². The first kappa shape index (κ1) is 12.9. The number of fused-ring (bicyclic) bond motifs is 3. The SMILES string of the molecule is CN1CCN(n2c3ccc(Cl)cc3c3ncncc32)CC1. The summed E-state index contributed by atoms with van der Waals surface area (Å²) in [7, 11) is 2.16. The van der Waals surface area contributed by atoms with Crippen LogP contribution in [0.5, 0.6) is 0 Å². The first-order chi connectivity index (χ1) is 10.2. The van der Waals surface area contributed by atoms with Gasteiger partial charge in [0.25, 0.3) is 0 Å². The molecule has 3 aromatic rings. The van der Waals surface area contributed by atoms with Gasteiger partial charge in [-0.3, -0.25) is 4.68 Å². The number of hydrogen-bond acceptors (Lipinski definition) is 4. The average molecular weight is 302 g/mol. The van der Waals surface area contributed by atoms with Crippen LogP contribution in [0, 0.1) is 0 Å². The van der Waals surface area contributed by atoms with Gasteiger partial charge in [-0.2, -0.15) is 0 Å². The predicted octanol–water partition coefficient (Wildman–Crippen LogP) is 2.12. The van der Waals surface area contributed by atoms with E-state index in [0.29, 0.717) is 0 Å². The highest BCUT2D eigenvalue weighted by molar-refractivity contribution is 6.31. The number of likely N-dealkylation sites (N-methyl/N-ethyl adjacent to an activating group) is 1. The molecule has 2 aromatic heterocycles. The lowest BCUT2D eigenvalue weighted by atomic mass is 10.2. The van der Waals surface area contributed by atoms with Gasteiger partial charge in [0.2, 0.25) is 0 Å². The van der Waals surface area contributed by atoms with Crippen molar-refractivity contribution >= 4 is 33.5 Å². The molecule has 0 N–H and O–H groups in total. The molecule has 108 valence electrons. The Kier molecular flexibility index (Phi) is 2.97. The fourth-order valence-electron chi connectivity index (χ4n) is 3.00. The second-order valence-corrected chi connectivity index (χ2v) is 5.92. The molecule has 3 heterocycles. The minimum atomic E-state index is 0.735. The summed E-state index contributed by atoms with van der Waals surface area (Å²) < 4.78 is 2.24. The molecular weight excluding hydrogens is 286 g/mol. The molecule has 1 saturated heterocycles. The van der Waals surface area contributed by atoms with E-state index in [2.05, 4.69) is 37.7 Å². The van der Waals surface area contributed by atoms with Crippen molar-refractivity contribution in [2.45, 2.75) is 0 Å². The first-order valence-corrected chi connectivity index (χ1v) is 7.45. The molecule has 0 radical (unpaired) electrons. The molecule has 1 fully saturated rings. The zero-order chi connectivity index (χ0) is 14.4. The van der Waals surface area contributed by atoms with Gasteiger partial charge in [0.1, 0.15) is 17.4 Å². The monoisotopic (exact) mass is 301 g/mol. The zero-order valence-corrected chi connectivity index (χ0v) is 12.6. The second-order valence-electron chi connectivity index (χ2n) is 5.49. The van der Waals surface area contributed by atoms with Crippen molar-refractivity contribution < 1.29 is 0 Å². The number of benzene rings is 1. The zero-order valence-electron chi connectivity index (χ0n) is 11.8. The first-order valence-electron chi connectivity index (χ1n) is 7.07. The van der Waals surface area contributed by atoms with E-state index in [4.69, 9.17) is 11.6 Å². The predicted molar refractivity (Wildman–Crippen MR) is 85.5 cm³/mol. The summed E-state index contributed by atoms with van der Waals surface area (Å²) >= 11 is 6.16. The summed E-state index contributed by atoms with van der Waals surface area (Å²) in [6.45, 7) is 4.10. The van der Waals surface area contributed by atoms with Gasteiger partial charge >= 0.3 is 0 Å². The van der Waals surface area contributed by atoms with Gasteiger partial charge in [-0.25, -0.2) is 9.97 Å². The molecule has 0 bridgehead atoms. The molecule has 0 amide bonds. The molecule has 21 heavy (non-hydrogen) atoms. The van der Waals surface area contributed by atoms with Crippen LogP contribution in [0.1, 0.15) is 0 Å². The van der Waals surface area contributed by atoms with Crippen LogP contribution in [-0.4, -0.2) is 52.8 Å². The van der Waals surface area contributed by atoms with E-state index in [1.807, 2.05) is 18.3 Å². The van der Waals surface area contributed by atoms with E-state index in [9.17, 15) is 0 Å². The van der Waals surface area contributed by atoms with Crippen molar-refractivity contribution in [2.75, 3.05) is 38.2 Å². The number of nitrogens with zero attached hydrogens (tertiary/aromatic N) is 5. The van der Waals surface area contributed by atoms with Crippen LogP contribution in [0.2, 0.25) is 5.02 Å². The molecule has 6 heteroatoms. The normalized spacial score (nSPS) is 17.0. The van der Waals surface area contributed by atoms with Crippen molar-refractivity contribution in [1.82, 2.24) is 19.5 Å². The van der Waals surface area contributed by atoms with Gasteiger partial charge < -0.3 is 9.91 Å². The number of rotatable bonds is 1. The Morgan fingerprint density at radius 1 is 1.10 bits per heavy atom. The van der Waals surface area contributed by atoms with Crippen LogP contribution in [-0.2, 0) is 0 Å². The van der Waals surface area contributed by atoms with Crippen molar-refractivity contribution in [3.05, 3.63) is 35.7 Å². The van der Waals surface area contributed by atoms with E-state index >= 15 is 0 Å². The standard InChI is InChI=1S/C15H16ClN5/c1-19-4-6-20(7-5-19)21-13-3-2-11(16)8-12(13)15-14(21)9-17-10-18-15/h2-3,8-10H,4-7H2,1H3. The molecule has 0 atom stereocenters. The summed E-state index contributed by atoms with van der Waals surface area (Å²) in [5, 5.41) is 4.18.